The van der Waals surface area contributed by atoms with Gasteiger partial charge in [-0.25, -0.2) is 4.79 Å². The van der Waals surface area contributed by atoms with Crippen molar-refractivity contribution in [2.75, 3.05) is 46.4 Å². The van der Waals surface area contributed by atoms with Gasteiger partial charge in [-0.3, -0.25) is 4.99 Å². The van der Waals surface area contributed by atoms with E-state index in [0.29, 0.717) is 31.5 Å². The normalized spacial score (nSPS) is 23.4. The summed E-state index contributed by atoms with van der Waals surface area (Å²) in [4.78, 5) is 20.2. The zero-order valence-electron chi connectivity index (χ0n) is 15.1. The monoisotopic (exact) mass is 344 g/mol. The van der Waals surface area contributed by atoms with Crippen molar-refractivity contribution >= 4 is 12.1 Å². The summed E-state index contributed by atoms with van der Waals surface area (Å²) in [7, 11) is 1.82. The summed E-state index contributed by atoms with van der Waals surface area (Å²) in [6.07, 6.45) is 1.03. The second-order valence-electron chi connectivity index (χ2n) is 6.61. The van der Waals surface area contributed by atoms with Gasteiger partial charge in [0.05, 0.1) is 6.61 Å². The molecule has 1 heterocycles. The van der Waals surface area contributed by atoms with Gasteiger partial charge in [0.25, 0.3) is 0 Å². The Bertz CT molecular complexity index is 597. The van der Waals surface area contributed by atoms with Crippen LogP contribution in [0.25, 0.3) is 0 Å². The summed E-state index contributed by atoms with van der Waals surface area (Å²) in [6, 6.07) is 10.7. The molecule has 2 aliphatic rings. The van der Waals surface area contributed by atoms with Crippen LogP contribution >= 0.6 is 0 Å². The van der Waals surface area contributed by atoms with Crippen LogP contribution < -0.4 is 5.32 Å². The number of hydrogen-bond donors (Lipinski definition) is 1. The summed E-state index contributed by atoms with van der Waals surface area (Å²) in [5, 5.41) is 3.51. The molecular formula is C19H28N4O2. The Balaban J connectivity index is 1.43. The quantitative estimate of drug-likeness (QED) is 0.672. The van der Waals surface area contributed by atoms with Gasteiger partial charge in [-0.1, -0.05) is 30.3 Å². The highest BCUT2D eigenvalue weighted by atomic mass is 16.6. The van der Waals surface area contributed by atoms with E-state index in [2.05, 4.69) is 45.5 Å². The minimum absolute atomic E-state index is 0.214. The second-order valence-corrected chi connectivity index (χ2v) is 6.61. The first-order chi connectivity index (χ1) is 12.2. The number of ether oxygens (including phenoxy) is 1. The SMILES string of the molecule is CCOC(=O)N1CCN(C(=NC)NCC2CC2c2ccccc2)CC1. The smallest absolute Gasteiger partial charge is 0.409 e. The molecule has 0 spiro atoms. The number of hydrogen-bond acceptors (Lipinski definition) is 3. The number of guanidine groups is 1. The summed E-state index contributed by atoms with van der Waals surface area (Å²) in [5.74, 6) is 2.29. The van der Waals surface area contributed by atoms with Crippen LogP contribution in [-0.4, -0.2) is 68.2 Å². The molecule has 1 aliphatic carbocycles. The number of carbonyl (C=O) groups is 1. The predicted molar refractivity (Wildman–Crippen MR) is 98.8 cm³/mol. The van der Waals surface area contributed by atoms with Gasteiger partial charge in [0.2, 0.25) is 0 Å². The lowest BCUT2D eigenvalue weighted by Crippen LogP contribution is -2.54. The van der Waals surface area contributed by atoms with E-state index in [0.717, 1.165) is 25.6 Å². The minimum atomic E-state index is -0.214. The van der Waals surface area contributed by atoms with E-state index < -0.39 is 0 Å². The van der Waals surface area contributed by atoms with Crippen LogP contribution in [0.3, 0.4) is 0 Å². The molecule has 25 heavy (non-hydrogen) atoms. The Labute approximate surface area is 149 Å². The maximum atomic E-state index is 11.8. The number of piperazine rings is 1. The van der Waals surface area contributed by atoms with Crippen molar-refractivity contribution in [3.05, 3.63) is 35.9 Å². The molecule has 6 heteroatoms. The van der Waals surface area contributed by atoms with E-state index in [1.807, 2.05) is 14.0 Å². The lowest BCUT2D eigenvalue weighted by atomic mass is 10.1. The Kier molecular flexibility index (Phi) is 5.79. The summed E-state index contributed by atoms with van der Waals surface area (Å²) in [5.41, 5.74) is 1.44. The number of nitrogens with zero attached hydrogens (tertiary/aromatic N) is 3. The first-order valence-corrected chi connectivity index (χ1v) is 9.15. The molecular weight excluding hydrogens is 316 g/mol. The molecule has 1 saturated heterocycles. The van der Waals surface area contributed by atoms with E-state index in [1.54, 1.807) is 4.90 Å². The number of benzene rings is 1. The molecule has 0 radical (unpaired) electrons. The van der Waals surface area contributed by atoms with E-state index in [4.69, 9.17) is 4.74 Å². The zero-order valence-corrected chi connectivity index (χ0v) is 15.1. The molecule has 1 saturated carbocycles. The third kappa shape index (κ3) is 4.44. The highest BCUT2D eigenvalue weighted by Crippen LogP contribution is 2.46. The van der Waals surface area contributed by atoms with Gasteiger partial charge in [-0.05, 0) is 30.7 Å². The van der Waals surface area contributed by atoms with Crippen molar-refractivity contribution in [2.24, 2.45) is 10.9 Å². The topological polar surface area (TPSA) is 57.2 Å². The molecule has 6 nitrogen and oxygen atoms in total. The van der Waals surface area contributed by atoms with Crippen molar-refractivity contribution in [3.63, 3.8) is 0 Å². The van der Waals surface area contributed by atoms with E-state index in [1.165, 1.54) is 12.0 Å². The summed E-state index contributed by atoms with van der Waals surface area (Å²) >= 11 is 0. The number of amides is 1. The maximum Gasteiger partial charge on any atom is 0.409 e. The molecule has 0 bridgehead atoms. The Morgan fingerprint density at radius 3 is 2.52 bits per heavy atom. The Morgan fingerprint density at radius 1 is 1.20 bits per heavy atom. The molecule has 1 aliphatic heterocycles. The van der Waals surface area contributed by atoms with Gasteiger partial charge >= 0.3 is 6.09 Å². The first kappa shape index (κ1) is 17.6. The van der Waals surface area contributed by atoms with Crippen molar-refractivity contribution in [2.45, 2.75) is 19.3 Å². The molecule has 0 aromatic heterocycles. The van der Waals surface area contributed by atoms with Crippen LogP contribution in [0.5, 0.6) is 0 Å². The lowest BCUT2D eigenvalue weighted by molar-refractivity contribution is 0.0914. The van der Waals surface area contributed by atoms with E-state index >= 15 is 0 Å². The van der Waals surface area contributed by atoms with Gasteiger partial charge in [0.1, 0.15) is 0 Å². The third-order valence-corrected chi connectivity index (χ3v) is 4.99. The third-order valence-electron chi connectivity index (χ3n) is 4.99. The van der Waals surface area contributed by atoms with Crippen molar-refractivity contribution < 1.29 is 9.53 Å². The van der Waals surface area contributed by atoms with Gasteiger partial charge < -0.3 is 19.9 Å². The first-order valence-electron chi connectivity index (χ1n) is 9.15. The number of rotatable bonds is 4. The molecule has 1 aromatic rings. The minimum Gasteiger partial charge on any atom is -0.450 e. The van der Waals surface area contributed by atoms with Gasteiger partial charge in [-0.2, -0.15) is 0 Å². The molecule has 2 unspecified atom stereocenters. The van der Waals surface area contributed by atoms with Crippen molar-refractivity contribution in [1.82, 2.24) is 15.1 Å². The number of aliphatic imine (C=N–C) groups is 1. The largest absolute Gasteiger partial charge is 0.450 e. The number of carbonyl (C=O) groups excluding carboxylic acids is 1. The molecule has 2 atom stereocenters. The molecule has 136 valence electrons. The van der Waals surface area contributed by atoms with Crippen LogP contribution in [-0.2, 0) is 4.74 Å². The molecule has 1 aromatic carbocycles. The zero-order chi connectivity index (χ0) is 17.6. The fraction of sp³-hybridized carbons (Fsp3) is 0.579. The van der Waals surface area contributed by atoms with Crippen LogP contribution in [0.2, 0.25) is 0 Å². The van der Waals surface area contributed by atoms with Crippen LogP contribution in [0.15, 0.2) is 35.3 Å². The van der Waals surface area contributed by atoms with Crippen molar-refractivity contribution in [3.8, 4) is 0 Å². The predicted octanol–water partition coefficient (Wildman–Crippen LogP) is 2.14. The average molecular weight is 344 g/mol. The number of nitrogens with one attached hydrogen (secondary N) is 1. The molecule has 2 fully saturated rings. The molecule has 3 rings (SSSR count). The van der Waals surface area contributed by atoms with Crippen molar-refractivity contribution in [1.29, 1.82) is 0 Å². The lowest BCUT2D eigenvalue weighted by Gasteiger charge is -2.35. The van der Waals surface area contributed by atoms with Gasteiger partial charge in [0, 0.05) is 39.8 Å². The Morgan fingerprint density at radius 2 is 1.88 bits per heavy atom. The van der Waals surface area contributed by atoms with E-state index in [-0.39, 0.29) is 6.09 Å². The standard InChI is InChI=1S/C19H28N4O2/c1-3-25-19(24)23-11-9-22(10-12-23)18(20-2)21-14-16-13-17(16)15-7-5-4-6-8-15/h4-8,16-17H,3,9-14H2,1-2H3,(H,20,21). The van der Waals surface area contributed by atoms with Gasteiger partial charge in [-0.15, -0.1) is 0 Å². The average Bonchev–Trinajstić information content (AvgIpc) is 3.43. The molecule has 1 N–H and O–H groups in total. The Hall–Kier alpha value is -2.24. The second kappa shape index (κ2) is 8.23. The highest BCUT2D eigenvalue weighted by Gasteiger charge is 2.38. The highest BCUT2D eigenvalue weighted by molar-refractivity contribution is 5.80. The molecule has 1 amide bonds. The summed E-state index contributed by atoms with van der Waals surface area (Å²) in [6.45, 7) is 6.12. The van der Waals surface area contributed by atoms with Crippen LogP contribution in [0.4, 0.5) is 4.79 Å². The fourth-order valence-electron chi connectivity index (χ4n) is 3.45. The fourth-order valence-corrected chi connectivity index (χ4v) is 3.45. The van der Waals surface area contributed by atoms with Gasteiger partial charge in [0.15, 0.2) is 5.96 Å². The van der Waals surface area contributed by atoms with Crippen LogP contribution in [0.1, 0.15) is 24.8 Å². The summed E-state index contributed by atoms with van der Waals surface area (Å²) < 4.78 is 5.07. The van der Waals surface area contributed by atoms with E-state index in [9.17, 15) is 4.79 Å². The maximum absolute atomic E-state index is 11.8. The van der Waals surface area contributed by atoms with Crippen LogP contribution in [0, 0.1) is 5.92 Å².